The third-order valence-corrected chi connectivity index (χ3v) is 4.95. The normalized spacial score (nSPS) is 27.5. The summed E-state index contributed by atoms with van der Waals surface area (Å²) in [6, 6.07) is 0. The van der Waals surface area contributed by atoms with Crippen LogP contribution in [0.4, 0.5) is 0 Å². The van der Waals surface area contributed by atoms with Gasteiger partial charge in [-0.15, -0.1) is 23.3 Å². The van der Waals surface area contributed by atoms with Gasteiger partial charge in [-0.05, 0) is 0 Å². The van der Waals surface area contributed by atoms with Crippen LogP contribution < -0.4 is 5.43 Å². The van der Waals surface area contributed by atoms with Gasteiger partial charge in [-0.2, -0.15) is 5.10 Å². The fraction of sp³-hybridized carbons (Fsp3) is 0. The van der Waals surface area contributed by atoms with E-state index in [4.69, 9.17) is 12.2 Å². The van der Waals surface area contributed by atoms with E-state index in [0.717, 1.165) is 0 Å². The van der Waals surface area contributed by atoms with Gasteiger partial charge < -0.3 is 0 Å². The molecule has 0 aromatic heterocycles. The molecule has 1 heterocycles. The number of nitrogens with zero attached hydrogens (tertiary/aromatic N) is 1. The first kappa shape index (κ1) is 6.73. The summed E-state index contributed by atoms with van der Waals surface area (Å²) in [6.07, 6.45) is 0. The van der Waals surface area contributed by atoms with Crippen molar-refractivity contribution in [1.29, 1.82) is 0 Å². The number of hydrogen-bond donors (Lipinski definition) is 3. The summed E-state index contributed by atoms with van der Waals surface area (Å²) in [5.41, 5.74) is 4.22. The van der Waals surface area contributed by atoms with E-state index < -0.39 is 8.09 Å². The van der Waals surface area contributed by atoms with Gasteiger partial charge in [0.05, 0.1) is 5.55 Å². The molecule has 0 saturated heterocycles. The SMILES string of the molecule is S=C1NN=CS1(S)S. The predicted octanol–water partition coefficient (Wildman–Crippen LogP) is 1.31. The van der Waals surface area contributed by atoms with E-state index in [9.17, 15) is 0 Å². The van der Waals surface area contributed by atoms with Gasteiger partial charge in [0.2, 0.25) is 0 Å². The highest BCUT2D eigenvalue weighted by molar-refractivity contribution is 9.28. The molecule has 2 nitrogen and oxygen atoms in total. The molecule has 1 N–H and O–H groups in total. The number of nitrogens with one attached hydrogen (secondary N) is 1. The first-order chi connectivity index (χ1) is 3.63. The minimum absolute atomic E-state index is 0.615. The number of thiol groups is 2. The average Bonchev–Trinajstić information content (AvgIpc) is 1.86. The Morgan fingerprint density at radius 3 is 2.50 bits per heavy atom. The molecule has 1 aliphatic rings. The molecule has 0 bridgehead atoms. The van der Waals surface area contributed by atoms with Crippen LogP contribution in [0.15, 0.2) is 5.10 Å². The molecule has 0 aromatic rings. The quantitative estimate of drug-likeness (QED) is 0.300. The first-order valence-corrected chi connectivity index (χ1v) is 5.95. The minimum Gasteiger partial charge on any atom is -0.262 e. The molecule has 8 heavy (non-hydrogen) atoms. The van der Waals surface area contributed by atoms with Crippen molar-refractivity contribution in [2.75, 3.05) is 0 Å². The summed E-state index contributed by atoms with van der Waals surface area (Å²) in [5, 5.41) is 3.69. The van der Waals surface area contributed by atoms with Gasteiger partial charge in [0, 0.05) is 0 Å². The van der Waals surface area contributed by atoms with Crippen molar-refractivity contribution >= 4 is 53.5 Å². The van der Waals surface area contributed by atoms with Crippen molar-refractivity contribution in [3.63, 3.8) is 0 Å². The molecule has 6 heteroatoms. The smallest absolute Gasteiger partial charge is 0.159 e. The molecular weight excluding hydrogens is 180 g/mol. The van der Waals surface area contributed by atoms with Crippen LogP contribution in [0.25, 0.3) is 0 Å². The minimum atomic E-state index is -1.41. The molecule has 0 radical (unpaired) electrons. The Morgan fingerprint density at radius 2 is 2.38 bits per heavy atom. The fourth-order valence-electron chi connectivity index (χ4n) is 0.268. The van der Waals surface area contributed by atoms with Crippen molar-refractivity contribution in [3.8, 4) is 0 Å². The lowest BCUT2D eigenvalue weighted by molar-refractivity contribution is 1.09. The summed E-state index contributed by atoms with van der Waals surface area (Å²) < 4.78 is 0.615. The van der Waals surface area contributed by atoms with Gasteiger partial charge >= 0.3 is 0 Å². The maximum Gasteiger partial charge on any atom is 0.159 e. The van der Waals surface area contributed by atoms with Crippen LogP contribution >= 0.6 is 43.6 Å². The first-order valence-electron chi connectivity index (χ1n) is 1.74. The predicted molar refractivity (Wildman–Crippen MR) is 49.8 cm³/mol. The maximum absolute atomic E-state index is 4.80. The van der Waals surface area contributed by atoms with Crippen molar-refractivity contribution in [2.24, 2.45) is 5.10 Å². The van der Waals surface area contributed by atoms with Gasteiger partial charge in [-0.3, -0.25) is 5.43 Å². The van der Waals surface area contributed by atoms with Gasteiger partial charge in [0.15, 0.2) is 4.32 Å². The lowest BCUT2D eigenvalue weighted by atomic mass is 11.5. The van der Waals surface area contributed by atoms with Crippen LogP contribution in [0.3, 0.4) is 0 Å². The van der Waals surface area contributed by atoms with Gasteiger partial charge in [-0.25, -0.2) is 0 Å². The second kappa shape index (κ2) is 2.09. The van der Waals surface area contributed by atoms with Crippen LogP contribution in [0.1, 0.15) is 0 Å². The molecule has 0 saturated carbocycles. The van der Waals surface area contributed by atoms with Gasteiger partial charge in [0.25, 0.3) is 0 Å². The molecule has 0 unspecified atom stereocenters. The number of hydrazone groups is 1. The largest absolute Gasteiger partial charge is 0.262 e. The molecule has 1 rings (SSSR count). The standard InChI is InChI=1S/C2H4N2S4/c5-2-4-3-1-8(2,6)7/h1,6-7H,(H,4,5). The van der Waals surface area contributed by atoms with Crippen LogP contribution in [-0.2, 0) is 0 Å². The van der Waals surface area contributed by atoms with Crippen molar-refractivity contribution in [2.45, 2.75) is 0 Å². The maximum atomic E-state index is 4.80. The lowest BCUT2D eigenvalue weighted by Crippen LogP contribution is -2.07. The molecule has 0 aromatic carbocycles. The van der Waals surface area contributed by atoms with E-state index in [2.05, 4.69) is 33.8 Å². The van der Waals surface area contributed by atoms with E-state index in [-0.39, 0.29) is 0 Å². The monoisotopic (exact) mass is 184 g/mol. The fourth-order valence-corrected chi connectivity index (χ4v) is 1.46. The average molecular weight is 184 g/mol. The molecular formula is C2H4N2S4. The zero-order valence-electron chi connectivity index (χ0n) is 3.74. The van der Waals surface area contributed by atoms with Gasteiger partial charge in [-0.1, -0.05) is 20.3 Å². The van der Waals surface area contributed by atoms with Crippen molar-refractivity contribution < 1.29 is 0 Å². The van der Waals surface area contributed by atoms with E-state index >= 15 is 0 Å². The zero-order chi connectivity index (χ0) is 6.20. The van der Waals surface area contributed by atoms with Crippen LogP contribution in [-0.4, -0.2) is 9.87 Å². The Labute approximate surface area is 64.0 Å². The zero-order valence-corrected chi connectivity index (χ0v) is 7.16. The van der Waals surface area contributed by atoms with Crippen molar-refractivity contribution in [3.05, 3.63) is 0 Å². The summed E-state index contributed by atoms with van der Waals surface area (Å²) >= 11 is 13.1. The highest BCUT2D eigenvalue weighted by atomic mass is 33.5. The Morgan fingerprint density at radius 1 is 1.75 bits per heavy atom. The molecule has 0 atom stereocenters. The summed E-state index contributed by atoms with van der Waals surface area (Å²) in [6.45, 7) is 0. The number of thiocarbonyl (C=S) groups is 1. The number of hydrogen-bond acceptors (Lipinski definition) is 4. The summed E-state index contributed by atoms with van der Waals surface area (Å²) in [4.78, 5) is 0. The Balaban J connectivity index is 2.82. The molecule has 46 valence electrons. The Hall–Kier alpha value is 0.610. The van der Waals surface area contributed by atoms with Crippen LogP contribution in [0, 0.1) is 0 Å². The Bertz CT molecular complexity index is 150. The molecule has 0 spiro atoms. The van der Waals surface area contributed by atoms with E-state index in [1.165, 1.54) is 0 Å². The van der Waals surface area contributed by atoms with E-state index in [0.29, 0.717) is 4.32 Å². The highest BCUT2D eigenvalue weighted by Crippen LogP contribution is 2.57. The summed E-state index contributed by atoms with van der Waals surface area (Å²) in [5.74, 6) is 0. The van der Waals surface area contributed by atoms with E-state index in [1.54, 1.807) is 5.55 Å². The molecule has 0 amide bonds. The van der Waals surface area contributed by atoms with Gasteiger partial charge in [0.1, 0.15) is 0 Å². The number of rotatable bonds is 0. The topological polar surface area (TPSA) is 24.4 Å². The van der Waals surface area contributed by atoms with E-state index in [1.807, 2.05) is 0 Å². The molecule has 1 aliphatic heterocycles. The van der Waals surface area contributed by atoms with Crippen molar-refractivity contribution in [1.82, 2.24) is 5.43 Å². The highest BCUT2D eigenvalue weighted by Gasteiger charge is 2.21. The Kier molecular flexibility index (Phi) is 1.76. The third-order valence-electron chi connectivity index (χ3n) is 0.628. The second-order valence-corrected chi connectivity index (χ2v) is 8.02. The van der Waals surface area contributed by atoms with Crippen LogP contribution in [0.2, 0.25) is 0 Å². The third kappa shape index (κ3) is 1.12. The second-order valence-electron chi connectivity index (χ2n) is 1.23. The lowest BCUT2D eigenvalue weighted by Gasteiger charge is -2.14. The summed E-state index contributed by atoms with van der Waals surface area (Å²) in [7, 11) is -1.41. The molecule has 0 aliphatic carbocycles. The molecule has 0 fully saturated rings. The van der Waals surface area contributed by atoms with Crippen LogP contribution in [0.5, 0.6) is 0 Å².